The molecule has 0 amide bonds. The molecule has 2 heterocycles. The molecule has 0 bridgehead atoms. The van der Waals surface area contributed by atoms with Crippen molar-refractivity contribution >= 4 is 45.1 Å². The van der Waals surface area contributed by atoms with E-state index in [0.717, 1.165) is 43.0 Å². The molecule has 1 aromatic carbocycles. The Morgan fingerprint density at radius 2 is 1.79 bits per heavy atom. The summed E-state index contributed by atoms with van der Waals surface area (Å²) in [5.74, 6) is 0. The third-order valence-corrected chi connectivity index (χ3v) is 4.32. The molecule has 2 aromatic heterocycles. The van der Waals surface area contributed by atoms with Crippen molar-refractivity contribution in [2.45, 2.75) is 0 Å². The largest absolute Gasteiger partial charge is 0.353 e. The summed E-state index contributed by atoms with van der Waals surface area (Å²) in [5, 5.41) is 1.12. The van der Waals surface area contributed by atoms with Gasteiger partial charge in [-0.25, -0.2) is 0 Å². The van der Waals surface area contributed by atoms with Crippen molar-refractivity contribution in [2.24, 2.45) is 0 Å². The number of fused-ring (bicyclic) bond motifs is 4. The topological polar surface area (TPSA) is 28.7 Å². The van der Waals surface area contributed by atoms with E-state index >= 15 is 0 Å². The zero-order valence-electron chi connectivity index (χ0n) is 9.81. The number of hydrogen-bond donors (Lipinski definition) is 1. The first-order chi connectivity index (χ1) is 9.27. The second-order valence-corrected chi connectivity index (χ2v) is 5.32. The standard InChI is InChI=1S/C15H8N2S2/c18-14-10-7-16-6-5-8(10)15(19)13-12(14)9-3-1-2-4-11(9)17-13/h1-7,17H. The Labute approximate surface area is 120 Å². The van der Waals surface area contributed by atoms with E-state index in [0.29, 0.717) is 0 Å². The molecule has 0 fully saturated rings. The zero-order valence-corrected chi connectivity index (χ0v) is 11.4. The minimum atomic E-state index is 0.817. The van der Waals surface area contributed by atoms with Crippen LogP contribution in [0.5, 0.6) is 0 Å². The van der Waals surface area contributed by atoms with E-state index in [1.807, 2.05) is 24.3 Å². The molecule has 3 aromatic rings. The summed E-state index contributed by atoms with van der Waals surface area (Å²) < 4.78 is 0. The lowest BCUT2D eigenvalue weighted by molar-refractivity contribution is 1.30. The summed E-state index contributed by atoms with van der Waals surface area (Å²) in [6.45, 7) is 0. The van der Waals surface area contributed by atoms with E-state index in [1.54, 1.807) is 12.4 Å². The van der Waals surface area contributed by atoms with Crippen molar-refractivity contribution < 1.29 is 0 Å². The van der Waals surface area contributed by atoms with Gasteiger partial charge in [-0.1, -0.05) is 42.6 Å². The molecule has 4 rings (SSSR count). The maximum absolute atomic E-state index is 5.63. The first-order valence-electron chi connectivity index (χ1n) is 5.91. The molecule has 0 saturated heterocycles. The number of nitrogens with one attached hydrogen (secondary N) is 1. The minimum absolute atomic E-state index is 0.817. The molecule has 0 atom stereocenters. The molecule has 90 valence electrons. The van der Waals surface area contributed by atoms with Crippen molar-refractivity contribution in [3.05, 3.63) is 65.1 Å². The highest BCUT2D eigenvalue weighted by Crippen LogP contribution is 2.33. The van der Waals surface area contributed by atoms with Gasteiger partial charge in [-0.2, -0.15) is 0 Å². The Morgan fingerprint density at radius 3 is 2.68 bits per heavy atom. The van der Waals surface area contributed by atoms with Crippen LogP contribution in [-0.4, -0.2) is 19.7 Å². The van der Waals surface area contributed by atoms with E-state index in [1.165, 1.54) is 0 Å². The predicted molar refractivity (Wildman–Crippen MR) is 84.1 cm³/mol. The average Bonchev–Trinajstić information content (AvgIpc) is 2.84. The predicted octanol–water partition coefficient (Wildman–Crippen LogP) is 3.41. The molecule has 0 spiro atoms. The molecule has 1 aliphatic rings. The number of H-pyrrole nitrogens is 1. The van der Waals surface area contributed by atoms with Crippen LogP contribution in [-0.2, 0) is 0 Å². The number of thiocarbonyl (C=S) groups is 2. The Kier molecular flexibility index (Phi) is 2.19. The van der Waals surface area contributed by atoms with Gasteiger partial charge in [-0.3, -0.25) is 4.98 Å². The van der Waals surface area contributed by atoms with Gasteiger partial charge in [0.2, 0.25) is 0 Å². The van der Waals surface area contributed by atoms with Crippen LogP contribution in [0.4, 0.5) is 0 Å². The monoisotopic (exact) mass is 280 g/mol. The lowest BCUT2D eigenvalue weighted by atomic mass is 9.90. The highest BCUT2D eigenvalue weighted by atomic mass is 32.1. The second kappa shape index (κ2) is 3.79. The fourth-order valence-corrected chi connectivity index (χ4v) is 3.30. The van der Waals surface area contributed by atoms with Crippen molar-refractivity contribution in [1.82, 2.24) is 9.97 Å². The summed E-state index contributed by atoms with van der Waals surface area (Å²) in [6, 6.07) is 10.1. The smallest absolute Gasteiger partial charge is 0.0699 e. The number of para-hydroxylation sites is 1. The van der Waals surface area contributed by atoms with Gasteiger partial charge in [0.25, 0.3) is 0 Å². The maximum atomic E-state index is 5.63. The first-order valence-corrected chi connectivity index (χ1v) is 6.73. The number of benzene rings is 1. The second-order valence-electron chi connectivity index (χ2n) is 4.50. The van der Waals surface area contributed by atoms with Crippen molar-refractivity contribution in [1.29, 1.82) is 0 Å². The maximum Gasteiger partial charge on any atom is 0.0699 e. The van der Waals surface area contributed by atoms with Crippen LogP contribution < -0.4 is 0 Å². The van der Waals surface area contributed by atoms with Crippen LogP contribution >= 0.6 is 24.4 Å². The SMILES string of the molecule is S=C1c2ccncc2C(=S)c2c1[nH]c1ccccc21. The molecule has 2 nitrogen and oxygen atoms in total. The molecule has 0 aliphatic heterocycles. The fraction of sp³-hybridized carbons (Fsp3) is 0. The van der Waals surface area contributed by atoms with Gasteiger partial charge in [0.1, 0.15) is 0 Å². The van der Waals surface area contributed by atoms with Gasteiger partial charge in [-0.15, -0.1) is 0 Å². The van der Waals surface area contributed by atoms with Crippen LogP contribution in [0.1, 0.15) is 22.4 Å². The van der Waals surface area contributed by atoms with Crippen LogP contribution in [0.15, 0.2) is 42.7 Å². The number of pyridine rings is 1. The number of aromatic nitrogens is 2. The highest BCUT2D eigenvalue weighted by Gasteiger charge is 2.27. The fourth-order valence-electron chi connectivity index (χ4n) is 2.59. The quantitative estimate of drug-likeness (QED) is 0.500. The van der Waals surface area contributed by atoms with Crippen LogP contribution in [0.3, 0.4) is 0 Å². The molecule has 4 heteroatoms. The Bertz CT molecular complexity index is 861. The van der Waals surface area contributed by atoms with E-state index < -0.39 is 0 Å². The molecule has 0 unspecified atom stereocenters. The number of aromatic amines is 1. The first kappa shape index (κ1) is 11.0. The molecule has 0 radical (unpaired) electrons. The minimum Gasteiger partial charge on any atom is -0.353 e. The Balaban J connectivity index is 2.14. The Hall–Kier alpha value is -1.91. The average molecular weight is 280 g/mol. The van der Waals surface area contributed by atoms with Gasteiger partial charge in [0, 0.05) is 40.0 Å². The van der Waals surface area contributed by atoms with Gasteiger partial charge in [-0.05, 0) is 12.1 Å². The molecule has 1 aliphatic carbocycles. The molecule has 19 heavy (non-hydrogen) atoms. The number of hydrogen-bond acceptors (Lipinski definition) is 3. The lowest BCUT2D eigenvalue weighted by Crippen LogP contribution is -2.19. The third kappa shape index (κ3) is 1.38. The lowest BCUT2D eigenvalue weighted by Gasteiger charge is -2.17. The van der Waals surface area contributed by atoms with Crippen molar-refractivity contribution in [3.8, 4) is 0 Å². The number of nitrogens with zero attached hydrogens (tertiary/aromatic N) is 1. The summed E-state index contributed by atoms with van der Waals surface area (Å²) in [5.41, 5.74) is 5.02. The third-order valence-electron chi connectivity index (χ3n) is 3.47. The Morgan fingerprint density at radius 1 is 0.947 bits per heavy atom. The molecular formula is C15H8N2S2. The van der Waals surface area contributed by atoms with E-state index in [2.05, 4.69) is 16.0 Å². The highest BCUT2D eigenvalue weighted by molar-refractivity contribution is 7.82. The van der Waals surface area contributed by atoms with E-state index in [4.69, 9.17) is 24.4 Å². The zero-order chi connectivity index (χ0) is 13.0. The van der Waals surface area contributed by atoms with Gasteiger partial charge in [0.05, 0.1) is 15.4 Å². The van der Waals surface area contributed by atoms with Crippen molar-refractivity contribution in [3.63, 3.8) is 0 Å². The summed E-state index contributed by atoms with van der Waals surface area (Å²) in [7, 11) is 0. The number of rotatable bonds is 0. The molecule has 0 saturated carbocycles. The van der Waals surface area contributed by atoms with Crippen LogP contribution in [0.25, 0.3) is 10.9 Å². The van der Waals surface area contributed by atoms with E-state index in [9.17, 15) is 0 Å². The summed E-state index contributed by atoms with van der Waals surface area (Å²) >= 11 is 11.2. The van der Waals surface area contributed by atoms with Crippen LogP contribution in [0.2, 0.25) is 0 Å². The summed E-state index contributed by atoms with van der Waals surface area (Å²) in [4.78, 5) is 9.19. The molecule has 1 N–H and O–H groups in total. The van der Waals surface area contributed by atoms with Gasteiger partial charge >= 0.3 is 0 Å². The molecular weight excluding hydrogens is 272 g/mol. The van der Waals surface area contributed by atoms with E-state index in [-0.39, 0.29) is 0 Å². The van der Waals surface area contributed by atoms with Gasteiger partial charge < -0.3 is 4.98 Å². The van der Waals surface area contributed by atoms with Gasteiger partial charge in [0.15, 0.2) is 0 Å². The van der Waals surface area contributed by atoms with Crippen molar-refractivity contribution in [2.75, 3.05) is 0 Å². The summed E-state index contributed by atoms with van der Waals surface area (Å²) in [6.07, 6.45) is 3.55. The van der Waals surface area contributed by atoms with Crippen LogP contribution in [0, 0.1) is 0 Å². The normalized spacial score (nSPS) is 13.5.